The number of carbonyl (C=O) groups is 2. The molecule has 0 spiro atoms. The minimum absolute atomic E-state index is 0.220. The van der Waals surface area contributed by atoms with Crippen molar-refractivity contribution in [1.29, 1.82) is 0 Å². The predicted molar refractivity (Wildman–Crippen MR) is 131 cm³/mol. The van der Waals surface area contributed by atoms with Gasteiger partial charge in [0.25, 0.3) is 5.91 Å². The normalized spacial score (nSPS) is 11.3. The van der Waals surface area contributed by atoms with Crippen molar-refractivity contribution in [3.63, 3.8) is 0 Å². The number of carbonyl (C=O) groups excluding carboxylic acids is 2. The molecule has 34 heavy (non-hydrogen) atoms. The van der Waals surface area contributed by atoms with Crippen molar-refractivity contribution < 1.29 is 14.3 Å². The van der Waals surface area contributed by atoms with E-state index in [-0.39, 0.29) is 6.42 Å². The van der Waals surface area contributed by atoms with Gasteiger partial charge in [-0.05, 0) is 34.4 Å². The van der Waals surface area contributed by atoms with Crippen molar-refractivity contribution in [2.24, 2.45) is 0 Å². The van der Waals surface area contributed by atoms with Crippen LogP contribution in [0.15, 0.2) is 85.3 Å². The lowest BCUT2D eigenvalue weighted by atomic mass is 9.89. The second-order valence-corrected chi connectivity index (χ2v) is 7.65. The van der Waals surface area contributed by atoms with E-state index in [1.54, 1.807) is 18.3 Å². The highest BCUT2D eigenvalue weighted by molar-refractivity contribution is 6.00. The Morgan fingerprint density at radius 2 is 1.62 bits per heavy atom. The third kappa shape index (κ3) is 4.89. The summed E-state index contributed by atoms with van der Waals surface area (Å²) >= 11 is 0. The first-order valence-electron chi connectivity index (χ1n) is 10.7. The van der Waals surface area contributed by atoms with E-state index in [9.17, 15) is 9.59 Å². The third-order valence-electron chi connectivity index (χ3n) is 5.48. The van der Waals surface area contributed by atoms with Gasteiger partial charge in [0.1, 0.15) is 6.04 Å². The molecule has 2 N–H and O–H groups in total. The number of terminal acetylenes is 1. The number of hydrogen-bond donors (Lipinski definition) is 2. The fraction of sp³-hybridized carbons (Fsp3) is 0.107. The van der Waals surface area contributed by atoms with Gasteiger partial charge in [0.15, 0.2) is 0 Å². The van der Waals surface area contributed by atoms with Crippen molar-refractivity contribution in [2.75, 3.05) is 7.11 Å². The van der Waals surface area contributed by atoms with Crippen LogP contribution in [-0.4, -0.2) is 35.0 Å². The predicted octanol–water partition coefficient (Wildman–Crippen LogP) is 4.24. The zero-order valence-corrected chi connectivity index (χ0v) is 18.6. The number of nitrogens with zero attached hydrogens (tertiary/aromatic N) is 1. The minimum Gasteiger partial charge on any atom is -0.467 e. The summed E-state index contributed by atoms with van der Waals surface area (Å²) in [6.07, 6.45) is 9.28. The van der Waals surface area contributed by atoms with E-state index in [1.807, 2.05) is 60.7 Å². The number of hydrogen-bond acceptors (Lipinski definition) is 4. The first-order valence-corrected chi connectivity index (χ1v) is 10.7. The molecule has 0 unspecified atom stereocenters. The largest absolute Gasteiger partial charge is 0.467 e. The molecule has 0 radical (unpaired) electrons. The molecule has 4 rings (SSSR count). The molecule has 1 atom stereocenters. The first kappa shape index (κ1) is 22.6. The lowest BCUT2D eigenvalue weighted by molar-refractivity contribution is -0.142. The molecule has 0 bridgehead atoms. The van der Waals surface area contributed by atoms with Gasteiger partial charge in [-0.15, -0.1) is 6.42 Å². The van der Waals surface area contributed by atoms with Gasteiger partial charge < -0.3 is 15.0 Å². The standard InChI is InChI=1S/C28H23N3O3/c1-3-23-24(19-10-6-4-7-11-19)14-21(15-25(23)20-12-8-5-9-13-20)27(32)31-26(28(33)34-2)16-22-17-29-18-30-22/h1,4-15,17-18,26H,16H2,2H3,(H,29,30)(H,31,32)/t26-/m1/s1. The quantitative estimate of drug-likeness (QED) is 0.327. The maximum absolute atomic E-state index is 13.4. The van der Waals surface area contributed by atoms with E-state index >= 15 is 0 Å². The number of H-pyrrole nitrogens is 1. The van der Waals surface area contributed by atoms with Crippen LogP contribution in [0.3, 0.4) is 0 Å². The van der Waals surface area contributed by atoms with Gasteiger partial charge in [-0.3, -0.25) is 4.79 Å². The van der Waals surface area contributed by atoms with Crippen LogP contribution in [0.4, 0.5) is 0 Å². The maximum Gasteiger partial charge on any atom is 0.328 e. The molecule has 3 aromatic carbocycles. The number of aromatic amines is 1. The Kier molecular flexibility index (Phi) is 6.85. The molecule has 0 saturated carbocycles. The monoisotopic (exact) mass is 449 g/mol. The highest BCUT2D eigenvalue weighted by Crippen LogP contribution is 2.33. The van der Waals surface area contributed by atoms with Crippen molar-refractivity contribution in [3.8, 4) is 34.6 Å². The number of benzene rings is 3. The lowest BCUT2D eigenvalue weighted by Gasteiger charge is -2.18. The van der Waals surface area contributed by atoms with E-state index in [4.69, 9.17) is 11.2 Å². The Balaban J connectivity index is 1.78. The van der Waals surface area contributed by atoms with Crippen molar-refractivity contribution >= 4 is 11.9 Å². The number of methoxy groups -OCH3 is 1. The Bertz CT molecular complexity index is 1260. The van der Waals surface area contributed by atoms with Crippen LogP contribution in [0.5, 0.6) is 0 Å². The van der Waals surface area contributed by atoms with Gasteiger partial charge >= 0.3 is 5.97 Å². The van der Waals surface area contributed by atoms with Gasteiger partial charge in [-0.25, -0.2) is 9.78 Å². The minimum atomic E-state index is -0.884. The Hall–Kier alpha value is -4.63. The second-order valence-electron chi connectivity index (χ2n) is 7.65. The van der Waals surface area contributed by atoms with Gasteiger partial charge in [-0.2, -0.15) is 0 Å². The zero-order chi connectivity index (χ0) is 23.9. The molecule has 6 heteroatoms. The molecular weight excluding hydrogens is 426 g/mol. The van der Waals surface area contributed by atoms with E-state index in [2.05, 4.69) is 21.2 Å². The molecule has 0 aliphatic carbocycles. The van der Waals surface area contributed by atoms with Gasteiger partial charge in [0.05, 0.1) is 13.4 Å². The topological polar surface area (TPSA) is 84.1 Å². The van der Waals surface area contributed by atoms with Gasteiger partial charge in [0.2, 0.25) is 0 Å². The van der Waals surface area contributed by atoms with Crippen LogP contribution in [0.2, 0.25) is 0 Å². The average Bonchev–Trinajstić information content (AvgIpc) is 3.41. The molecule has 0 saturated heterocycles. The number of imidazole rings is 1. The van der Waals surface area contributed by atoms with Crippen LogP contribution >= 0.6 is 0 Å². The molecule has 168 valence electrons. The number of amides is 1. The summed E-state index contributed by atoms with van der Waals surface area (Å²) in [7, 11) is 1.29. The lowest BCUT2D eigenvalue weighted by Crippen LogP contribution is -2.43. The smallest absolute Gasteiger partial charge is 0.328 e. The van der Waals surface area contributed by atoms with Gasteiger partial charge in [0, 0.05) is 29.4 Å². The molecule has 1 amide bonds. The molecule has 4 aromatic rings. The van der Waals surface area contributed by atoms with Crippen LogP contribution in [0.1, 0.15) is 21.6 Å². The van der Waals surface area contributed by atoms with Crippen molar-refractivity contribution in [2.45, 2.75) is 12.5 Å². The number of esters is 1. The van der Waals surface area contributed by atoms with E-state index in [1.165, 1.54) is 13.4 Å². The highest BCUT2D eigenvalue weighted by atomic mass is 16.5. The zero-order valence-electron chi connectivity index (χ0n) is 18.6. The number of aromatic nitrogens is 2. The Morgan fingerprint density at radius 3 is 2.09 bits per heavy atom. The number of ether oxygens (including phenoxy) is 1. The summed E-state index contributed by atoms with van der Waals surface area (Å²) in [5.74, 6) is 1.85. The van der Waals surface area contributed by atoms with E-state index in [0.29, 0.717) is 16.8 Å². The number of nitrogens with one attached hydrogen (secondary N) is 2. The summed E-state index contributed by atoms with van der Waals surface area (Å²) in [5.41, 5.74) is 5.09. The van der Waals surface area contributed by atoms with E-state index in [0.717, 1.165) is 22.3 Å². The molecule has 0 fully saturated rings. The van der Waals surface area contributed by atoms with Crippen LogP contribution in [0, 0.1) is 12.3 Å². The van der Waals surface area contributed by atoms with Crippen molar-refractivity contribution in [1.82, 2.24) is 15.3 Å². The van der Waals surface area contributed by atoms with Crippen LogP contribution in [-0.2, 0) is 16.0 Å². The van der Waals surface area contributed by atoms with Gasteiger partial charge in [-0.1, -0.05) is 66.6 Å². The first-order chi connectivity index (χ1) is 16.6. The Morgan fingerprint density at radius 1 is 1.03 bits per heavy atom. The highest BCUT2D eigenvalue weighted by Gasteiger charge is 2.24. The molecule has 0 aliphatic rings. The summed E-state index contributed by atoms with van der Waals surface area (Å²) in [4.78, 5) is 32.7. The Labute approximate surface area is 198 Å². The molecule has 0 aliphatic heterocycles. The van der Waals surface area contributed by atoms with Crippen LogP contribution < -0.4 is 5.32 Å². The summed E-state index contributed by atoms with van der Waals surface area (Å²) < 4.78 is 4.91. The molecular formula is C28H23N3O3. The second kappa shape index (κ2) is 10.3. The average molecular weight is 450 g/mol. The van der Waals surface area contributed by atoms with Crippen LogP contribution in [0.25, 0.3) is 22.3 Å². The SMILES string of the molecule is C#Cc1c(-c2ccccc2)cc(C(=O)N[C@H](Cc2cnc[nH]2)C(=O)OC)cc1-c1ccccc1. The molecule has 6 nitrogen and oxygen atoms in total. The van der Waals surface area contributed by atoms with Crippen molar-refractivity contribution in [3.05, 3.63) is 102 Å². The number of rotatable bonds is 7. The van der Waals surface area contributed by atoms with E-state index < -0.39 is 17.9 Å². The molecule has 1 heterocycles. The summed E-state index contributed by atoms with van der Waals surface area (Å²) in [6, 6.07) is 21.9. The third-order valence-corrected chi connectivity index (χ3v) is 5.48. The fourth-order valence-electron chi connectivity index (χ4n) is 3.81. The maximum atomic E-state index is 13.4. The fourth-order valence-corrected chi connectivity index (χ4v) is 3.81. The summed E-state index contributed by atoms with van der Waals surface area (Å²) in [6.45, 7) is 0. The molecule has 1 aromatic heterocycles. The summed E-state index contributed by atoms with van der Waals surface area (Å²) in [5, 5.41) is 2.80.